The van der Waals surface area contributed by atoms with Crippen LogP contribution in [0.3, 0.4) is 0 Å². The van der Waals surface area contributed by atoms with Crippen molar-refractivity contribution in [2.24, 2.45) is 0 Å². The molecule has 0 saturated carbocycles. The van der Waals surface area contributed by atoms with Gasteiger partial charge in [0.1, 0.15) is 6.04 Å². The first-order valence-electron chi connectivity index (χ1n) is 5.12. The number of carboxylic acids is 2. The molecule has 1 atom stereocenters. The molecule has 3 N–H and O–H groups in total. The Balaban J connectivity index is 2.56. The first kappa shape index (κ1) is 13.6. The third-order valence-corrected chi connectivity index (χ3v) is 2.10. The summed E-state index contributed by atoms with van der Waals surface area (Å²) in [6, 6.07) is 1.89. The zero-order valence-electron chi connectivity index (χ0n) is 9.37. The highest BCUT2D eigenvalue weighted by Gasteiger charge is 2.22. The van der Waals surface area contributed by atoms with E-state index < -0.39 is 30.3 Å². The molecule has 0 aromatic carbocycles. The number of amides is 1. The van der Waals surface area contributed by atoms with Gasteiger partial charge in [-0.3, -0.25) is 14.6 Å². The topological polar surface area (TPSA) is 117 Å². The van der Waals surface area contributed by atoms with Crippen LogP contribution in [0.25, 0.3) is 0 Å². The predicted molar refractivity (Wildman–Crippen MR) is 59.8 cm³/mol. The van der Waals surface area contributed by atoms with Crippen molar-refractivity contribution in [2.45, 2.75) is 18.9 Å². The van der Waals surface area contributed by atoms with E-state index >= 15 is 0 Å². The SMILES string of the molecule is O=C(O)CC(NC(=O)Cc1cccnc1)C(=O)O. The van der Waals surface area contributed by atoms with Gasteiger partial charge in [-0.25, -0.2) is 4.79 Å². The number of rotatable bonds is 6. The molecule has 0 aliphatic carbocycles. The Hall–Kier alpha value is -2.44. The van der Waals surface area contributed by atoms with Crippen molar-refractivity contribution in [1.29, 1.82) is 0 Å². The van der Waals surface area contributed by atoms with Gasteiger partial charge in [0.25, 0.3) is 0 Å². The second kappa shape index (κ2) is 6.33. The van der Waals surface area contributed by atoms with E-state index in [9.17, 15) is 14.4 Å². The van der Waals surface area contributed by atoms with Crippen molar-refractivity contribution < 1.29 is 24.6 Å². The van der Waals surface area contributed by atoms with Gasteiger partial charge in [0.2, 0.25) is 5.91 Å². The Kier molecular flexibility index (Phi) is 4.79. The van der Waals surface area contributed by atoms with Crippen molar-refractivity contribution in [3.8, 4) is 0 Å². The molecule has 0 radical (unpaired) electrons. The minimum Gasteiger partial charge on any atom is -0.481 e. The molecule has 96 valence electrons. The molecule has 7 nitrogen and oxygen atoms in total. The highest BCUT2D eigenvalue weighted by molar-refractivity contribution is 5.87. The van der Waals surface area contributed by atoms with Gasteiger partial charge in [0.05, 0.1) is 12.8 Å². The van der Waals surface area contributed by atoms with Crippen molar-refractivity contribution in [2.75, 3.05) is 0 Å². The third-order valence-electron chi connectivity index (χ3n) is 2.10. The fraction of sp³-hybridized carbons (Fsp3) is 0.273. The highest BCUT2D eigenvalue weighted by atomic mass is 16.4. The Morgan fingerprint density at radius 3 is 2.56 bits per heavy atom. The quantitative estimate of drug-likeness (QED) is 0.638. The molecule has 1 aromatic rings. The molecule has 0 fully saturated rings. The van der Waals surface area contributed by atoms with E-state index in [1.807, 2.05) is 0 Å². The summed E-state index contributed by atoms with van der Waals surface area (Å²) in [4.78, 5) is 36.5. The van der Waals surface area contributed by atoms with E-state index in [-0.39, 0.29) is 6.42 Å². The van der Waals surface area contributed by atoms with E-state index in [2.05, 4.69) is 10.3 Å². The first-order valence-corrected chi connectivity index (χ1v) is 5.12. The lowest BCUT2D eigenvalue weighted by atomic mass is 10.1. The predicted octanol–water partition coefficient (Wildman–Crippen LogP) is -0.332. The lowest BCUT2D eigenvalue weighted by molar-refractivity contribution is -0.147. The molecule has 1 heterocycles. The van der Waals surface area contributed by atoms with E-state index in [4.69, 9.17) is 10.2 Å². The van der Waals surface area contributed by atoms with Crippen molar-refractivity contribution in [3.05, 3.63) is 30.1 Å². The molecule has 1 rings (SSSR count). The summed E-state index contributed by atoms with van der Waals surface area (Å²) in [5.74, 6) is -3.22. The van der Waals surface area contributed by atoms with Gasteiger partial charge >= 0.3 is 11.9 Å². The van der Waals surface area contributed by atoms with E-state index in [1.54, 1.807) is 18.3 Å². The van der Waals surface area contributed by atoms with Crippen molar-refractivity contribution in [3.63, 3.8) is 0 Å². The molecular formula is C11H12N2O5. The number of carbonyl (C=O) groups is 3. The van der Waals surface area contributed by atoms with Gasteiger partial charge in [-0.1, -0.05) is 6.07 Å². The third kappa shape index (κ3) is 4.60. The van der Waals surface area contributed by atoms with Crippen LogP contribution in [0.1, 0.15) is 12.0 Å². The molecule has 0 spiro atoms. The summed E-state index contributed by atoms with van der Waals surface area (Å²) in [5.41, 5.74) is 0.620. The number of nitrogens with one attached hydrogen (secondary N) is 1. The standard InChI is InChI=1S/C11H12N2O5/c14-9(4-7-2-1-3-12-6-7)13-8(11(17)18)5-10(15)16/h1-3,6,8H,4-5H2,(H,13,14)(H,15,16)(H,17,18). The van der Waals surface area contributed by atoms with Crippen LogP contribution in [0.5, 0.6) is 0 Å². The average Bonchev–Trinajstić information content (AvgIpc) is 2.28. The van der Waals surface area contributed by atoms with Gasteiger partial charge < -0.3 is 15.5 Å². The molecule has 1 unspecified atom stereocenters. The van der Waals surface area contributed by atoms with Crippen LogP contribution in [-0.2, 0) is 20.8 Å². The number of aromatic nitrogens is 1. The molecule has 0 bridgehead atoms. The Morgan fingerprint density at radius 2 is 2.06 bits per heavy atom. The molecule has 1 aromatic heterocycles. The lowest BCUT2D eigenvalue weighted by Crippen LogP contribution is -2.42. The van der Waals surface area contributed by atoms with Crippen molar-refractivity contribution in [1.82, 2.24) is 10.3 Å². The summed E-state index contributed by atoms with van der Waals surface area (Å²) >= 11 is 0. The maximum absolute atomic E-state index is 11.5. The minimum atomic E-state index is -1.42. The number of hydrogen-bond donors (Lipinski definition) is 3. The molecule has 0 aliphatic heterocycles. The molecule has 0 aliphatic rings. The largest absolute Gasteiger partial charge is 0.481 e. The number of pyridine rings is 1. The van der Waals surface area contributed by atoms with Crippen LogP contribution in [0.2, 0.25) is 0 Å². The van der Waals surface area contributed by atoms with Crippen LogP contribution in [0, 0.1) is 0 Å². The summed E-state index contributed by atoms with van der Waals surface area (Å²) in [6.07, 6.45) is 2.32. The van der Waals surface area contributed by atoms with Gasteiger partial charge in [-0.15, -0.1) is 0 Å². The van der Waals surface area contributed by atoms with Gasteiger partial charge in [0.15, 0.2) is 0 Å². The number of nitrogens with zero attached hydrogens (tertiary/aromatic N) is 1. The van der Waals surface area contributed by atoms with Crippen LogP contribution in [0.4, 0.5) is 0 Å². The monoisotopic (exact) mass is 252 g/mol. The number of aliphatic carboxylic acids is 2. The fourth-order valence-corrected chi connectivity index (χ4v) is 1.31. The second-order valence-electron chi connectivity index (χ2n) is 3.59. The maximum atomic E-state index is 11.5. The van der Waals surface area contributed by atoms with Gasteiger partial charge in [0, 0.05) is 12.4 Å². The molecular weight excluding hydrogens is 240 g/mol. The summed E-state index contributed by atoms with van der Waals surface area (Å²) in [7, 11) is 0. The first-order chi connectivity index (χ1) is 8.49. The smallest absolute Gasteiger partial charge is 0.326 e. The summed E-state index contributed by atoms with van der Waals surface area (Å²) < 4.78 is 0. The zero-order valence-corrected chi connectivity index (χ0v) is 9.37. The minimum absolute atomic E-state index is 0.0444. The van der Waals surface area contributed by atoms with E-state index in [0.717, 1.165) is 0 Å². The van der Waals surface area contributed by atoms with E-state index in [1.165, 1.54) is 6.20 Å². The Bertz CT molecular complexity index is 446. The van der Waals surface area contributed by atoms with Gasteiger partial charge in [-0.2, -0.15) is 0 Å². The summed E-state index contributed by atoms with van der Waals surface area (Å²) in [6.45, 7) is 0. The number of hydrogen-bond acceptors (Lipinski definition) is 4. The Morgan fingerprint density at radius 1 is 1.33 bits per heavy atom. The fourth-order valence-electron chi connectivity index (χ4n) is 1.31. The molecule has 0 saturated heterocycles. The molecule has 7 heteroatoms. The van der Waals surface area contributed by atoms with Crippen LogP contribution >= 0.6 is 0 Å². The maximum Gasteiger partial charge on any atom is 0.326 e. The molecule has 1 amide bonds. The summed E-state index contributed by atoms with van der Waals surface area (Å²) in [5, 5.41) is 19.4. The van der Waals surface area contributed by atoms with Crippen LogP contribution in [-0.4, -0.2) is 39.1 Å². The highest BCUT2D eigenvalue weighted by Crippen LogP contribution is 1.99. The second-order valence-corrected chi connectivity index (χ2v) is 3.59. The van der Waals surface area contributed by atoms with Gasteiger partial charge in [-0.05, 0) is 11.6 Å². The Labute approximate surface area is 102 Å². The number of carboxylic acid groups (broad SMARTS) is 2. The van der Waals surface area contributed by atoms with Crippen LogP contribution in [0.15, 0.2) is 24.5 Å². The average molecular weight is 252 g/mol. The lowest BCUT2D eigenvalue weighted by Gasteiger charge is -2.12. The normalized spacial score (nSPS) is 11.6. The number of carbonyl (C=O) groups excluding carboxylic acids is 1. The zero-order chi connectivity index (χ0) is 13.5. The molecule has 18 heavy (non-hydrogen) atoms. The van der Waals surface area contributed by atoms with Crippen molar-refractivity contribution >= 4 is 17.8 Å². The van der Waals surface area contributed by atoms with Crippen LogP contribution < -0.4 is 5.32 Å². The van der Waals surface area contributed by atoms with E-state index in [0.29, 0.717) is 5.56 Å².